The van der Waals surface area contributed by atoms with Gasteiger partial charge in [-0.15, -0.1) is 0 Å². The summed E-state index contributed by atoms with van der Waals surface area (Å²) in [6.45, 7) is 3.88. The molecule has 17 heavy (non-hydrogen) atoms. The van der Waals surface area contributed by atoms with Crippen LogP contribution in [-0.2, 0) is 13.6 Å². The fourth-order valence-corrected chi connectivity index (χ4v) is 2.50. The Morgan fingerprint density at radius 3 is 2.59 bits per heavy atom. The van der Waals surface area contributed by atoms with Crippen LogP contribution in [0.1, 0.15) is 20.9 Å². The molecule has 0 aliphatic rings. The number of nitrogens with zero attached hydrogens (tertiary/aromatic N) is 2. The van der Waals surface area contributed by atoms with Gasteiger partial charge in [-0.25, -0.2) is 0 Å². The van der Waals surface area contributed by atoms with Crippen molar-refractivity contribution in [2.75, 3.05) is 0 Å². The SMILES string of the molecule is Cc1sc(=O)n(CC(=O)c2ccn(C)c2)c1C. The molecule has 90 valence electrons. The molecule has 2 aromatic heterocycles. The average Bonchev–Trinajstić information content (AvgIpc) is 2.79. The molecular weight excluding hydrogens is 236 g/mol. The number of thiazole rings is 1. The monoisotopic (exact) mass is 250 g/mol. The highest BCUT2D eigenvalue weighted by molar-refractivity contribution is 7.09. The maximum Gasteiger partial charge on any atom is 0.307 e. The van der Waals surface area contributed by atoms with E-state index in [0.717, 1.165) is 10.6 Å². The summed E-state index contributed by atoms with van der Waals surface area (Å²) in [4.78, 5) is 24.5. The lowest BCUT2D eigenvalue weighted by atomic mass is 10.2. The first-order valence-electron chi connectivity index (χ1n) is 5.31. The van der Waals surface area contributed by atoms with Crippen LogP contribution < -0.4 is 4.87 Å². The van der Waals surface area contributed by atoms with Crippen LogP contribution in [0.4, 0.5) is 0 Å². The topological polar surface area (TPSA) is 44.0 Å². The largest absolute Gasteiger partial charge is 0.357 e. The van der Waals surface area contributed by atoms with E-state index in [4.69, 9.17) is 0 Å². The molecule has 0 aliphatic carbocycles. The second-order valence-electron chi connectivity index (χ2n) is 4.08. The summed E-state index contributed by atoms with van der Waals surface area (Å²) in [5.41, 5.74) is 1.52. The molecule has 0 saturated carbocycles. The minimum Gasteiger partial charge on any atom is -0.357 e. The van der Waals surface area contributed by atoms with Gasteiger partial charge in [0.25, 0.3) is 0 Å². The molecule has 0 amide bonds. The minimum absolute atomic E-state index is 0.0337. The summed E-state index contributed by atoms with van der Waals surface area (Å²) in [6, 6.07) is 1.77. The van der Waals surface area contributed by atoms with E-state index in [1.165, 1.54) is 15.9 Å². The van der Waals surface area contributed by atoms with Crippen molar-refractivity contribution in [2.45, 2.75) is 20.4 Å². The third-order valence-corrected chi connectivity index (χ3v) is 3.83. The molecule has 5 heteroatoms. The van der Waals surface area contributed by atoms with E-state index in [2.05, 4.69) is 0 Å². The normalized spacial score (nSPS) is 10.8. The van der Waals surface area contributed by atoms with Crippen LogP contribution >= 0.6 is 11.3 Å². The van der Waals surface area contributed by atoms with E-state index < -0.39 is 0 Å². The highest BCUT2D eigenvalue weighted by atomic mass is 32.1. The van der Waals surface area contributed by atoms with Crippen LogP contribution in [0.3, 0.4) is 0 Å². The van der Waals surface area contributed by atoms with Crippen LogP contribution in [0.5, 0.6) is 0 Å². The number of aromatic nitrogens is 2. The van der Waals surface area contributed by atoms with Gasteiger partial charge in [0.05, 0.1) is 6.54 Å². The molecule has 0 radical (unpaired) electrons. The maximum absolute atomic E-state index is 12.0. The number of hydrogen-bond acceptors (Lipinski definition) is 3. The zero-order chi connectivity index (χ0) is 12.6. The molecule has 2 heterocycles. The number of carbonyl (C=O) groups excluding carboxylic acids is 1. The Morgan fingerprint density at radius 1 is 1.41 bits per heavy atom. The number of ketones is 1. The quantitative estimate of drug-likeness (QED) is 0.779. The van der Waals surface area contributed by atoms with E-state index in [0.29, 0.717) is 5.56 Å². The van der Waals surface area contributed by atoms with Gasteiger partial charge in [0.15, 0.2) is 5.78 Å². The Labute approximate surface area is 103 Å². The minimum atomic E-state index is -0.0655. The van der Waals surface area contributed by atoms with Crippen molar-refractivity contribution in [1.29, 1.82) is 0 Å². The summed E-state index contributed by atoms with van der Waals surface area (Å²) in [6.07, 6.45) is 3.59. The molecule has 0 aromatic carbocycles. The molecule has 4 nitrogen and oxygen atoms in total. The van der Waals surface area contributed by atoms with Gasteiger partial charge in [0, 0.05) is 35.6 Å². The molecule has 0 spiro atoms. The smallest absolute Gasteiger partial charge is 0.307 e. The summed E-state index contributed by atoms with van der Waals surface area (Å²) in [7, 11) is 1.86. The van der Waals surface area contributed by atoms with Gasteiger partial charge in [0.2, 0.25) is 0 Å². The average molecular weight is 250 g/mol. The summed E-state index contributed by atoms with van der Waals surface area (Å²) in [5, 5.41) is 0. The van der Waals surface area contributed by atoms with Gasteiger partial charge in [-0.2, -0.15) is 0 Å². The second-order valence-corrected chi connectivity index (χ2v) is 5.25. The van der Waals surface area contributed by atoms with Crippen molar-refractivity contribution < 1.29 is 4.79 Å². The number of rotatable bonds is 3. The molecule has 0 N–H and O–H groups in total. The molecule has 0 bridgehead atoms. The predicted octanol–water partition coefficient (Wildman–Crippen LogP) is 1.75. The molecule has 2 aromatic rings. The second kappa shape index (κ2) is 4.33. The number of Topliss-reactive ketones (excluding diaryl/α,β-unsaturated/α-hetero) is 1. The van der Waals surface area contributed by atoms with Crippen molar-refractivity contribution in [3.63, 3.8) is 0 Å². The third-order valence-electron chi connectivity index (χ3n) is 2.83. The van der Waals surface area contributed by atoms with Gasteiger partial charge in [-0.05, 0) is 19.9 Å². The first-order chi connectivity index (χ1) is 7.99. The van der Waals surface area contributed by atoms with Gasteiger partial charge in [0.1, 0.15) is 0 Å². The van der Waals surface area contributed by atoms with Crippen molar-refractivity contribution in [3.8, 4) is 0 Å². The van der Waals surface area contributed by atoms with Crippen LogP contribution in [-0.4, -0.2) is 14.9 Å². The van der Waals surface area contributed by atoms with Crippen LogP contribution in [0.25, 0.3) is 0 Å². The van der Waals surface area contributed by atoms with Crippen LogP contribution in [0, 0.1) is 13.8 Å². The Morgan fingerprint density at radius 2 is 2.12 bits per heavy atom. The van der Waals surface area contributed by atoms with E-state index in [1.54, 1.807) is 12.3 Å². The van der Waals surface area contributed by atoms with Gasteiger partial charge >= 0.3 is 4.87 Å². The fraction of sp³-hybridized carbons (Fsp3) is 0.333. The summed E-state index contributed by atoms with van der Waals surface area (Å²) < 4.78 is 3.36. The van der Waals surface area contributed by atoms with E-state index >= 15 is 0 Å². The first kappa shape index (κ1) is 11.9. The lowest BCUT2D eigenvalue weighted by molar-refractivity contribution is 0.0970. The lowest BCUT2D eigenvalue weighted by Crippen LogP contribution is -2.20. The van der Waals surface area contributed by atoms with E-state index in [-0.39, 0.29) is 17.2 Å². The summed E-state index contributed by atoms with van der Waals surface area (Å²) >= 11 is 1.19. The highest BCUT2D eigenvalue weighted by Gasteiger charge is 2.13. The molecular formula is C12H14N2O2S. The molecule has 0 unspecified atom stereocenters. The Bertz CT molecular complexity index is 619. The Kier molecular flexibility index (Phi) is 3.02. The predicted molar refractivity (Wildman–Crippen MR) is 67.8 cm³/mol. The zero-order valence-corrected chi connectivity index (χ0v) is 10.9. The van der Waals surface area contributed by atoms with Crippen LogP contribution in [0.15, 0.2) is 23.3 Å². The first-order valence-corrected chi connectivity index (χ1v) is 6.12. The molecule has 0 saturated heterocycles. The molecule has 0 fully saturated rings. The van der Waals surface area contributed by atoms with E-state index in [9.17, 15) is 9.59 Å². The van der Waals surface area contributed by atoms with Crippen LogP contribution in [0.2, 0.25) is 0 Å². The molecule has 0 atom stereocenters. The van der Waals surface area contributed by atoms with Crippen molar-refractivity contribution in [1.82, 2.24) is 9.13 Å². The Balaban J connectivity index is 2.27. The number of hydrogen-bond donors (Lipinski definition) is 0. The molecule has 2 rings (SSSR count). The van der Waals surface area contributed by atoms with E-state index in [1.807, 2.05) is 31.7 Å². The van der Waals surface area contributed by atoms with Gasteiger partial charge in [-0.1, -0.05) is 11.3 Å². The standard InChI is InChI=1S/C12H14N2O2S/c1-8-9(2)17-12(16)14(8)7-11(15)10-4-5-13(3)6-10/h4-6H,7H2,1-3H3. The van der Waals surface area contributed by atoms with Gasteiger partial charge < -0.3 is 4.57 Å². The van der Waals surface area contributed by atoms with Crippen molar-refractivity contribution in [2.24, 2.45) is 7.05 Å². The zero-order valence-electron chi connectivity index (χ0n) is 10.1. The third kappa shape index (κ3) is 2.24. The number of carbonyl (C=O) groups is 1. The van der Waals surface area contributed by atoms with Gasteiger partial charge in [-0.3, -0.25) is 14.2 Å². The maximum atomic E-state index is 12.0. The summed E-state index contributed by atoms with van der Waals surface area (Å²) in [5.74, 6) is -0.0337. The van der Waals surface area contributed by atoms with Crippen molar-refractivity contribution in [3.05, 3.63) is 44.3 Å². The molecule has 0 aliphatic heterocycles. The Hall–Kier alpha value is -1.62. The fourth-order valence-electron chi connectivity index (χ4n) is 1.67. The highest BCUT2D eigenvalue weighted by Crippen LogP contribution is 2.11. The lowest BCUT2D eigenvalue weighted by Gasteiger charge is -2.02. The number of aryl methyl sites for hydroxylation is 2. The van der Waals surface area contributed by atoms with Crippen molar-refractivity contribution >= 4 is 17.1 Å².